The first kappa shape index (κ1) is 18.5. The Kier molecular flexibility index (Phi) is 4.81. The van der Waals surface area contributed by atoms with Gasteiger partial charge < -0.3 is 0 Å². The summed E-state index contributed by atoms with van der Waals surface area (Å²) in [6.07, 6.45) is 15.3. The number of allylic oxidation sites excluding steroid dienone is 9. The lowest BCUT2D eigenvalue weighted by molar-refractivity contribution is 0.760. The van der Waals surface area contributed by atoms with Gasteiger partial charge in [0, 0.05) is 0 Å². The van der Waals surface area contributed by atoms with E-state index in [1.165, 1.54) is 44.5 Å². The van der Waals surface area contributed by atoms with Crippen molar-refractivity contribution in [2.24, 2.45) is 0 Å². The summed E-state index contributed by atoms with van der Waals surface area (Å²) >= 11 is 0. The van der Waals surface area contributed by atoms with Crippen LogP contribution in [-0.2, 0) is 5.41 Å². The first-order valence-corrected chi connectivity index (χ1v) is 10.2. The number of rotatable bonds is 4. The van der Waals surface area contributed by atoms with Gasteiger partial charge >= 0.3 is 0 Å². The standard InChI is InChI=1S/C28H28/c1-5-8-9-13-22-19-21(12-6-2)25(7-3)28(22)26-15-11-10-14-23(26)24-17-16-20(4)18-27(24)28/h5-8,10-18H,3,9,19H2,1-2,4H3/b8-5-,12-6-,22-13-. The molecule has 0 heteroatoms. The second-order valence-electron chi connectivity index (χ2n) is 7.70. The first-order valence-electron chi connectivity index (χ1n) is 10.2. The van der Waals surface area contributed by atoms with E-state index in [4.69, 9.17) is 0 Å². The molecule has 0 saturated carbocycles. The molecule has 0 aliphatic heterocycles. The predicted molar refractivity (Wildman–Crippen MR) is 122 cm³/mol. The van der Waals surface area contributed by atoms with Gasteiger partial charge in [0.15, 0.2) is 0 Å². The molecule has 0 bridgehead atoms. The van der Waals surface area contributed by atoms with Crippen molar-refractivity contribution in [3.63, 3.8) is 0 Å². The lowest BCUT2D eigenvalue weighted by Crippen LogP contribution is -2.26. The van der Waals surface area contributed by atoms with Gasteiger partial charge in [0.05, 0.1) is 5.41 Å². The van der Waals surface area contributed by atoms with Crippen LogP contribution in [-0.4, -0.2) is 0 Å². The second kappa shape index (κ2) is 7.28. The van der Waals surface area contributed by atoms with Gasteiger partial charge in [-0.15, -0.1) is 0 Å². The molecule has 0 radical (unpaired) electrons. The lowest BCUT2D eigenvalue weighted by Gasteiger charge is -2.32. The van der Waals surface area contributed by atoms with Crippen LogP contribution in [0, 0.1) is 6.92 Å². The molecular weight excluding hydrogens is 336 g/mol. The zero-order chi connectivity index (χ0) is 19.7. The largest absolute Gasteiger partial charge is 0.0987 e. The fourth-order valence-corrected chi connectivity index (χ4v) is 5.08. The van der Waals surface area contributed by atoms with E-state index in [1.807, 2.05) is 0 Å². The van der Waals surface area contributed by atoms with Crippen molar-refractivity contribution >= 4 is 0 Å². The van der Waals surface area contributed by atoms with Crippen molar-refractivity contribution in [3.05, 3.63) is 119 Å². The molecule has 1 unspecified atom stereocenters. The van der Waals surface area contributed by atoms with Crippen LogP contribution in [0.4, 0.5) is 0 Å². The maximum absolute atomic E-state index is 4.26. The van der Waals surface area contributed by atoms with Gasteiger partial charge in [-0.3, -0.25) is 0 Å². The summed E-state index contributed by atoms with van der Waals surface area (Å²) in [5.41, 5.74) is 10.8. The van der Waals surface area contributed by atoms with E-state index in [-0.39, 0.29) is 5.41 Å². The van der Waals surface area contributed by atoms with Crippen molar-refractivity contribution < 1.29 is 0 Å². The van der Waals surface area contributed by atoms with Crippen molar-refractivity contribution in [1.29, 1.82) is 0 Å². The molecule has 0 aromatic heterocycles. The molecule has 2 aromatic carbocycles. The summed E-state index contributed by atoms with van der Waals surface area (Å²) in [6, 6.07) is 15.8. The normalized spacial score (nSPS) is 22.0. The number of benzene rings is 2. The van der Waals surface area contributed by atoms with Crippen LogP contribution in [0.25, 0.3) is 11.1 Å². The minimum Gasteiger partial charge on any atom is -0.0987 e. The zero-order valence-electron chi connectivity index (χ0n) is 17.1. The van der Waals surface area contributed by atoms with Crippen molar-refractivity contribution in [2.75, 3.05) is 0 Å². The minimum atomic E-state index is -0.212. The van der Waals surface area contributed by atoms with Gasteiger partial charge in [0.25, 0.3) is 0 Å². The molecule has 0 fully saturated rings. The molecule has 0 nitrogen and oxygen atoms in total. The summed E-state index contributed by atoms with van der Waals surface area (Å²) in [6.45, 7) is 10.6. The number of hydrogen-bond acceptors (Lipinski definition) is 0. The highest BCUT2D eigenvalue weighted by Crippen LogP contribution is 2.61. The van der Waals surface area contributed by atoms with Crippen LogP contribution in [0.15, 0.2) is 102 Å². The quantitative estimate of drug-likeness (QED) is 0.490. The molecule has 1 atom stereocenters. The Hall–Kier alpha value is -2.86. The van der Waals surface area contributed by atoms with Crippen LogP contribution >= 0.6 is 0 Å². The molecule has 0 heterocycles. The SMILES string of the molecule is C=CC1=C(/C=C\C)C/C(=C/C/C=C\C)C12c1ccccc1-c1ccc(C)cc12. The molecule has 2 aliphatic carbocycles. The van der Waals surface area contributed by atoms with Crippen molar-refractivity contribution in [3.8, 4) is 11.1 Å². The molecule has 1 spiro atoms. The fraction of sp³-hybridized carbons (Fsp3) is 0.214. The Balaban J connectivity index is 2.12. The number of fused-ring (bicyclic) bond motifs is 5. The molecule has 28 heavy (non-hydrogen) atoms. The predicted octanol–water partition coefficient (Wildman–Crippen LogP) is 7.62. The van der Waals surface area contributed by atoms with E-state index in [1.54, 1.807) is 0 Å². The summed E-state index contributed by atoms with van der Waals surface area (Å²) in [5, 5.41) is 0. The molecule has 2 aliphatic rings. The number of hydrogen-bond donors (Lipinski definition) is 0. The highest BCUT2D eigenvalue weighted by atomic mass is 14.5. The average molecular weight is 365 g/mol. The van der Waals surface area contributed by atoms with Gasteiger partial charge in [-0.1, -0.05) is 96.6 Å². The smallest absolute Gasteiger partial charge is 0.0679 e. The Morgan fingerprint density at radius 1 is 1.00 bits per heavy atom. The maximum Gasteiger partial charge on any atom is 0.0679 e. The first-order chi connectivity index (χ1) is 13.7. The Bertz CT molecular complexity index is 1060. The molecule has 4 rings (SSSR count). The monoisotopic (exact) mass is 364 g/mol. The van der Waals surface area contributed by atoms with Crippen LogP contribution in [0.3, 0.4) is 0 Å². The molecule has 0 saturated heterocycles. The Labute approximate surface area is 169 Å². The molecule has 0 N–H and O–H groups in total. The van der Waals surface area contributed by atoms with E-state index in [9.17, 15) is 0 Å². The summed E-state index contributed by atoms with van der Waals surface area (Å²) in [7, 11) is 0. The highest BCUT2D eigenvalue weighted by molar-refractivity contribution is 5.88. The van der Waals surface area contributed by atoms with E-state index >= 15 is 0 Å². The molecule has 140 valence electrons. The Morgan fingerprint density at radius 3 is 2.54 bits per heavy atom. The topological polar surface area (TPSA) is 0 Å². The van der Waals surface area contributed by atoms with E-state index in [0.29, 0.717) is 0 Å². The second-order valence-corrected chi connectivity index (χ2v) is 7.70. The van der Waals surface area contributed by atoms with Crippen LogP contribution in [0.1, 0.15) is 43.4 Å². The minimum absolute atomic E-state index is 0.212. The Morgan fingerprint density at radius 2 is 1.79 bits per heavy atom. The summed E-state index contributed by atoms with van der Waals surface area (Å²) < 4.78 is 0. The molecule has 2 aromatic rings. The molecule has 0 amide bonds. The zero-order valence-corrected chi connectivity index (χ0v) is 17.1. The van der Waals surface area contributed by atoms with Gasteiger partial charge in [-0.2, -0.15) is 0 Å². The van der Waals surface area contributed by atoms with Gasteiger partial charge in [-0.05, 0) is 67.0 Å². The lowest BCUT2D eigenvalue weighted by atomic mass is 9.69. The van der Waals surface area contributed by atoms with E-state index < -0.39 is 0 Å². The van der Waals surface area contributed by atoms with Gasteiger partial charge in [0.2, 0.25) is 0 Å². The maximum atomic E-state index is 4.26. The van der Waals surface area contributed by atoms with Crippen LogP contribution in [0.5, 0.6) is 0 Å². The van der Waals surface area contributed by atoms with Gasteiger partial charge in [0.1, 0.15) is 0 Å². The third kappa shape index (κ3) is 2.52. The van der Waals surface area contributed by atoms with Crippen molar-refractivity contribution in [1.82, 2.24) is 0 Å². The van der Waals surface area contributed by atoms with Gasteiger partial charge in [-0.25, -0.2) is 0 Å². The van der Waals surface area contributed by atoms with E-state index in [2.05, 4.69) is 106 Å². The summed E-state index contributed by atoms with van der Waals surface area (Å²) in [5.74, 6) is 0. The third-order valence-corrected chi connectivity index (χ3v) is 6.12. The average Bonchev–Trinajstić information content (AvgIpc) is 3.16. The molecular formula is C28H28. The fourth-order valence-electron chi connectivity index (χ4n) is 5.08. The van der Waals surface area contributed by atoms with Crippen molar-refractivity contribution in [2.45, 2.75) is 39.0 Å². The third-order valence-electron chi connectivity index (χ3n) is 6.12. The van der Waals surface area contributed by atoms with Crippen LogP contribution < -0.4 is 0 Å². The van der Waals surface area contributed by atoms with Crippen LogP contribution in [0.2, 0.25) is 0 Å². The number of aryl methyl sites for hydroxylation is 1. The van der Waals surface area contributed by atoms with E-state index in [0.717, 1.165) is 12.8 Å². The highest BCUT2D eigenvalue weighted by Gasteiger charge is 2.51. The summed E-state index contributed by atoms with van der Waals surface area (Å²) in [4.78, 5) is 0.